The van der Waals surface area contributed by atoms with Gasteiger partial charge in [-0.2, -0.15) is 0 Å². The van der Waals surface area contributed by atoms with Crippen LogP contribution in [0.3, 0.4) is 0 Å². The van der Waals surface area contributed by atoms with Crippen molar-refractivity contribution in [2.45, 2.75) is 39.8 Å². The quantitative estimate of drug-likeness (QED) is 0.783. The van der Waals surface area contributed by atoms with Gasteiger partial charge >= 0.3 is 0 Å². The number of para-hydroxylation sites is 1. The summed E-state index contributed by atoms with van der Waals surface area (Å²) in [6.45, 7) is 8.72. The Balaban J connectivity index is 1.79. The Morgan fingerprint density at radius 1 is 1.08 bits per heavy atom. The first-order valence-corrected chi connectivity index (χ1v) is 8.00. The highest BCUT2D eigenvalue weighted by molar-refractivity contribution is 5.90. The number of benzene rings is 1. The number of hydrogen-bond donors (Lipinski definition) is 1. The van der Waals surface area contributed by atoms with E-state index >= 15 is 0 Å². The summed E-state index contributed by atoms with van der Waals surface area (Å²) in [6.07, 6.45) is 3.36. The number of fused-ring (bicyclic) bond motifs is 1. The maximum Gasteiger partial charge on any atom is 0.214 e. The van der Waals surface area contributed by atoms with Gasteiger partial charge in [-0.15, -0.1) is 0 Å². The fourth-order valence-corrected chi connectivity index (χ4v) is 2.49. The molecule has 3 rings (SSSR count). The molecule has 124 valence electrons. The minimum absolute atomic E-state index is 0.264. The van der Waals surface area contributed by atoms with Gasteiger partial charge in [-0.25, -0.2) is 15.0 Å². The van der Waals surface area contributed by atoms with E-state index in [4.69, 9.17) is 4.74 Å². The molecule has 0 fully saturated rings. The molecule has 0 radical (unpaired) electrons. The summed E-state index contributed by atoms with van der Waals surface area (Å²) in [5.41, 5.74) is 2.94. The molecule has 0 aliphatic heterocycles. The molecule has 0 aliphatic carbocycles. The smallest absolute Gasteiger partial charge is 0.214 e. The second kappa shape index (κ2) is 6.43. The zero-order valence-corrected chi connectivity index (χ0v) is 14.5. The number of ether oxygens (including phenoxy) is 1. The molecule has 0 unspecified atom stereocenters. The van der Waals surface area contributed by atoms with E-state index in [1.807, 2.05) is 45.0 Å². The number of pyridine rings is 1. The third kappa shape index (κ3) is 3.79. The van der Waals surface area contributed by atoms with E-state index < -0.39 is 0 Å². The molecule has 5 heteroatoms. The summed E-state index contributed by atoms with van der Waals surface area (Å²) in [7, 11) is 0. The van der Waals surface area contributed by atoms with Gasteiger partial charge in [-0.3, -0.25) is 0 Å². The van der Waals surface area contributed by atoms with Gasteiger partial charge in [0.05, 0.1) is 5.52 Å². The normalized spacial score (nSPS) is 11.5. The third-order valence-electron chi connectivity index (χ3n) is 3.54. The summed E-state index contributed by atoms with van der Waals surface area (Å²) in [5, 5.41) is 4.41. The van der Waals surface area contributed by atoms with Crippen molar-refractivity contribution in [1.82, 2.24) is 15.0 Å². The molecule has 0 aliphatic rings. The van der Waals surface area contributed by atoms with Crippen LogP contribution >= 0.6 is 0 Å². The Hall–Kier alpha value is -2.69. The molecule has 1 N–H and O–H groups in total. The number of rotatable bonds is 4. The van der Waals surface area contributed by atoms with Crippen LogP contribution in [0.15, 0.2) is 42.9 Å². The monoisotopic (exact) mass is 322 g/mol. The Labute approximate surface area is 142 Å². The number of aromatic nitrogens is 3. The summed E-state index contributed by atoms with van der Waals surface area (Å²) in [5.74, 6) is 1.46. The van der Waals surface area contributed by atoms with E-state index in [9.17, 15) is 0 Å². The molecule has 2 aromatic heterocycles. The molecule has 3 aromatic rings. The van der Waals surface area contributed by atoms with Gasteiger partial charge in [0.15, 0.2) is 0 Å². The number of hydrogen-bond acceptors (Lipinski definition) is 5. The van der Waals surface area contributed by atoms with Gasteiger partial charge in [-0.05, 0) is 51.0 Å². The molecule has 0 saturated heterocycles. The van der Waals surface area contributed by atoms with Crippen LogP contribution in [0.25, 0.3) is 10.9 Å². The number of aryl methyl sites for hydroxylation is 1. The van der Waals surface area contributed by atoms with Gasteiger partial charge in [0.2, 0.25) is 5.88 Å². The SMILES string of the molecule is Cc1cccc2c(NCc3ccnc(OC(C)(C)C)c3)ncnc12. The second-order valence-corrected chi connectivity index (χ2v) is 6.76. The molecule has 1 aromatic carbocycles. The zero-order chi connectivity index (χ0) is 17.2. The lowest BCUT2D eigenvalue weighted by molar-refractivity contribution is 0.124. The van der Waals surface area contributed by atoms with Gasteiger partial charge in [0, 0.05) is 24.2 Å². The Kier molecular flexibility index (Phi) is 4.34. The number of nitrogens with zero attached hydrogens (tertiary/aromatic N) is 3. The average molecular weight is 322 g/mol. The average Bonchev–Trinajstić information content (AvgIpc) is 2.52. The Morgan fingerprint density at radius 2 is 1.92 bits per heavy atom. The van der Waals surface area contributed by atoms with E-state index in [1.165, 1.54) is 0 Å². The lowest BCUT2D eigenvalue weighted by Crippen LogP contribution is -2.23. The van der Waals surface area contributed by atoms with Crippen LogP contribution in [-0.2, 0) is 6.54 Å². The molecular weight excluding hydrogens is 300 g/mol. The third-order valence-corrected chi connectivity index (χ3v) is 3.54. The maximum atomic E-state index is 5.82. The molecule has 0 amide bonds. The molecule has 0 atom stereocenters. The lowest BCUT2D eigenvalue weighted by atomic mass is 10.1. The first-order valence-electron chi connectivity index (χ1n) is 8.00. The summed E-state index contributed by atoms with van der Waals surface area (Å²) in [4.78, 5) is 13.0. The van der Waals surface area contributed by atoms with E-state index in [-0.39, 0.29) is 5.60 Å². The van der Waals surface area contributed by atoms with Crippen molar-refractivity contribution in [3.63, 3.8) is 0 Å². The van der Waals surface area contributed by atoms with E-state index in [0.717, 1.165) is 27.8 Å². The first kappa shape index (κ1) is 16.2. The van der Waals surface area contributed by atoms with E-state index in [1.54, 1.807) is 12.5 Å². The largest absolute Gasteiger partial charge is 0.472 e. The molecule has 5 nitrogen and oxygen atoms in total. The number of nitrogens with one attached hydrogen (secondary N) is 1. The van der Waals surface area contributed by atoms with E-state index in [0.29, 0.717) is 12.4 Å². The summed E-state index contributed by atoms with van der Waals surface area (Å²) < 4.78 is 5.82. The standard InChI is InChI=1S/C19H22N4O/c1-13-6-5-7-15-17(13)22-12-23-18(15)21-11-14-8-9-20-16(10-14)24-19(2,3)4/h5-10,12H,11H2,1-4H3,(H,21,22,23). The van der Waals surface area contributed by atoms with Gasteiger partial charge in [-0.1, -0.05) is 12.1 Å². The Bertz CT molecular complexity index is 855. The van der Waals surface area contributed by atoms with Crippen LogP contribution in [0.2, 0.25) is 0 Å². The molecule has 0 spiro atoms. The van der Waals surface area contributed by atoms with Gasteiger partial charge in [0.25, 0.3) is 0 Å². The molecule has 2 heterocycles. The van der Waals surface area contributed by atoms with Crippen molar-refractivity contribution < 1.29 is 4.74 Å². The van der Waals surface area contributed by atoms with Crippen LogP contribution in [0, 0.1) is 6.92 Å². The van der Waals surface area contributed by atoms with Crippen LogP contribution in [0.4, 0.5) is 5.82 Å². The van der Waals surface area contributed by atoms with Gasteiger partial charge in [0.1, 0.15) is 17.7 Å². The minimum atomic E-state index is -0.264. The second-order valence-electron chi connectivity index (χ2n) is 6.76. The van der Waals surface area contributed by atoms with Crippen LogP contribution < -0.4 is 10.1 Å². The predicted octanol–water partition coefficient (Wildman–Crippen LogP) is 4.12. The van der Waals surface area contributed by atoms with Crippen molar-refractivity contribution in [2.24, 2.45) is 0 Å². The highest BCUT2D eigenvalue weighted by Crippen LogP contribution is 2.22. The molecule has 0 bridgehead atoms. The zero-order valence-electron chi connectivity index (χ0n) is 14.5. The predicted molar refractivity (Wildman–Crippen MR) is 96.2 cm³/mol. The topological polar surface area (TPSA) is 59.9 Å². The van der Waals surface area contributed by atoms with Crippen molar-refractivity contribution in [3.05, 3.63) is 54.0 Å². The highest BCUT2D eigenvalue weighted by Gasteiger charge is 2.13. The van der Waals surface area contributed by atoms with Crippen LogP contribution in [0.1, 0.15) is 31.9 Å². The van der Waals surface area contributed by atoms with E-state index in [2.05, 4.69) is 33.3 Å². The molecular formula is C19H22N4O. The fourth-order valence-electron chi connectivity index (χ4n) is 2.49. The molecule has 0 saturated carbocycles. The molecule has 24 heavy (non-hydrogen) atoms. The van der Waals surface area contributed by atoms with Crippen LogP contribution in [-0.4, -0.2) is 20.6 Å². The fraction of sp³-hybridized carbons (Fsp3) is 0.316. The maximum absolute atomic E-state index is 5.82. The van der Waals surface area contributed by atoms with Crippen molar-refractivity contribution in [3.8, 4) is 5.88 Å². The first-order chi connectivity index (χ1) is 11.4. The van der Waals surface area contributed by atoms with Crippen molar-refractivity contribution in [2.75, 3.05) is 5.32 Å². The summed E-state index contributed by atoms with van der Waals surface area (Å²) in [6, 6.07) is 10.0. The Morgan fingerprint density at radius 3 is 2.71 bits per heavy atom. The minimum Gasteiger partial charge on any atom is -0.472 e. The van der Waals surface area contributed by atoms with Crippen molar-refractivity contribution in [1.29, 1.82) is 0 Å². The highest BCUT2D eigenvalue weighted by atomic mass is 16.5. The van der Waals surface area contributed by atoms with Crippen molar-refractivity contribution >= 4 is 16.7 Å². The van der Waals surface area contributed by atoms with Crippen LogP contribution in [0.5, 0.6) is 5.88 Å². The lowest BCUT2D eigenvalue weighted by Gasteiger charge is -2.20. The number of anilines is 1. The van der Waals surface area contributed by atoms with Gasteiger partial charge < -0.3 is 10.1 Å². The summed E-state index contributed by atoms with van der Waals surface area (Å²) >= 11 is 0.